The van der Waals surface area contributed by atoms with Crippen molar-refractivity contribution in [2.45, 2.75) is 39.0 Å². The lowest BCUT2D eigenvalue weighted by Gasteiger charge is -2.19. The van der Waals surface area contributed by atoms with E-state index in [0.29, 0.717) is 0 Å². The SMILES string of the molecule is C[Si](C)(C)c1ccc2n(c1=S)CCC2. The van der Waals surface area contributed by atoms with E-state index in [0.717, 1.165) is 11.2 Å². The van der Waals surface area contributed by atoms with Crippen LogP contribution in [0.15, 0.2) is 12.1 Å². The molecule has 0 saturated heterocycles. The van der Waals surface area contributed by atoms with Crippen LogP contribution in [-0.2, 0) is 13.0 Å². The number of hydrogen-bond donors (Lipinski definition) is 0. The van der Waals surface area contributed by atoms with Crippen molar-refractivity contribution in [3.8, 4) is 0 Å². The van der Waals surface area contributed by atoms with Crippen LogP contribution in [0.3, 0.4) is 0 Å². The standard InChI is InChI=1S/C11H17NSSi/c1-14(2,3)10-7-6-9-5-4-8-12(9)11(10)13/h6-7H,4-5,8H2,1-3H3. The highest BCUT2D eigenvalue weighted by molar-refractivity contribution is 7.71. The Morgan fingerprint density at radius 2 is 2.00 bits per heavy atom. The lowest BCUT2D eigenvalue weighted by atomic mass is 10.3. The van der Waals surface area contributed by atoms with Gasteiger partial charge in [-0.2, -0.15) is 0 Å². The summed E-state index contributed by atoms with van der Waals surface area (Å²) in [6.45, 7) is 8.21. The monoisotopic (exact) mass is 223 g/mol. The molecule has 76 valence electrons. The Morgan fingerprint density at radius 1 is 1.29 bits per heavy atom. The number of nitrogens with zero attached hydrogens (tertiary/aromatic N) is 1. The minimum absolute atomic E-state index is 1.11. The topological polar surface area (TPSA) is 4.93 Å². The van der Waals surface area contributed by atoms with Crippen molar-refractivity contribution in [3.05, 3.63) is 22.5 Å². The molecule has 1 nitrogen and oxygen atoms in total. The van der Waals surface area contributed by atoms with Gasteiger partial charge in [-0.05, 0) is 24.1 Å². The van der Waals surface area contributed by atoms with Crippen molar-refractivity contribution in [3.63, 3.8) is 0 Å². The number of fused-ring (bicyclic) bond motifs is 1. The predicted molar refractivity (Wildman–Crippen MR) is 66.6 cm³/mol. The van der Waals surface area contributed by atoms with Crippen molar-refractivity contribution in [2.24, 2.45) is 0 Å². The molecular weight excluding hydrogens is 206 g/mol. The van der Waals surface area contributed by atoms with Crippen molar-refractivity contribution in [1.82, 2.24) is 4.57 Å². The molecule has 1 aliphatic heterocycles. The van der Waals surface area contributed by atoms with Gasteiger partial charge in [0.2, 0.25) is 0 Å². The Hall–Kier alpha value is -0.413. The molecule has 0 fully saturated rings. The fourth-order valence-electron chi connectivity index (χ4n) is 2.07. The van der Waals surface area contributed by atoms with Crippen molar-refractivity contribution < 1.29 is 0 Å². The van der Waals surface area contributed by atoms with Gasteiger partial charge in [-0.1, -0.05) is 37.9 Å². The molecule has 2 heterocycles. The van der Waals surface area contributed by atoms with Gasteiger partial charge >= 0.3 is 0 Å². The summed E-state index contributed by atoms with van der Waals surface area (Å²) < 4.78 is 3.45. The Labute approximate surface area is 91.8 Å². The molecule has 2 rings (SSSR count). The van der Waals surface area contributed by atoms with Crippen LogP contribution in [-0.4, -0.2) is 12.6 Å². The summed E-state index contributed by atoms with van der Waals surface area (Å²) in [6.07, 6.45) is 2.47. The first-order valence-electron chi connectivity index (χ1n) is 5.23. The van der Waals surface area contributed by atoms with E-state index >= 15 is 0 Å². The smallest absolute Gasteiger partial charge is 0.105 e. The summed E-state index contributed by atoms with van der Waals surface area (Å²) in [5, 5.41) is 1.44. The molecule has 0 bridgehead atoms. The Kier molecular flexibility index (Phi) is 2.39. The third-order valence-corrected chi connectivity index (χ3v) is 5.53. The average Bonchev–Trinajstić information content (AvgIpc) is 2.50. The van der Waals surface area contributed by atoms with Crippen LogP contribution < -0.4 is 5.19 Å². The van der Waals surface area contributed by atoms with E-state index in [1.807, 2.05) is 0 Å². The number of aryl methyl sites for hydroxylation is 1. The van der Waals surface area contributed by atoms with Gasteiger partial charge in [-0.15, -0.1) is 0 Å². The molecule has 14 heavy (non-hydrogen) atoms. The van der Waals surface area contributed by atoms with Gasteiger partial charge in [0.15, 0.2) is 0 Å². The first kappa shape index (κ1) is 10.1. The maximum Gasteiger partial charge on any atom is 0.105 e. The first-order valence-corrected chi connectivity index (χ1v) is 9.14. The van der Waals surface area contributed by atoms with Crippen LogP contribution in [0.2, 0.25) is 19.6 Å². The average molecular weight is 223 g/mol. The van der Waals surface area contributed by atoms with E-state index in [9.17, 15) is 0 Å². The third-order valence-electron chi connectivity index (χ3n) is 2.89. The first-order chi connectivity index (χ1) is 6.50. The quantitative estimate of drug-likeness (QED) is 0.523. The van der Waals surface area contributed by atoms with Crippen LogP contribution >= 0.6 is 12.2 Å². The van der Waals surface area contributed by atoms with Crippen molar-refractivity contribution >= 4 is 25.5 Å². The normalized spacial score (nSPS) is 15.6. The molecule has 0 N–H and O–H groups in total. The van der Waals surface area contributed by atoms with Gasteiger partial charge in [-0.25, -0.2) is 0 Å². The van der Waals surface area contributed by atoms with Crippen LogP contribution in [0.4, 0.5) is 0 Å². The Morgan fingerprint density at radius 3 is 2.64 bits per heavy atom. The molecule has 0 atom stereocenters. The fourth-order valence-corrected chi connectivity index (χ4v) is 4.62. The van der Waals surface area contributed by atoms with E-state index in [2.05, 4.69) is 36.3 Å². The Bertz CT molecular complexity index is 414. The molecule has 0 amide bonds. The maximum atomic E-state index is 5.56. The van der Waals surface area contributed by atoms with E-state index in [-0.39, 0.29) is 0 Å². The van der Waals surface area contributed by atoms with E-state index in [4.69, 9.17) is 12.2 Å². The summed E-state index contributed by atoms with van der Waals surface area (Å²) in [5.41, 5.74) is 1.43. The van der Waals surface area contributed by atoms with Gasteiger partial charge < -0.3 is 4.57 Å². The van der Waals surface area contributed by atoms with Crippen molar-refractivity contribution in [2.75, 3.05) is 0 Å². The predicted octanol–water partition coefficient (Wildman–Crippen LogP) is 2.71. The highest BCUT2D eigenvalue weighted by Gasteiger charge is 2.21. The number of rotatable bonds is 1. The number of pyridine rings is 1. The number of aromatic nitrogens is 1. The zero-order valence-corrected chi connectivity index (χ0v) is 10.9. The number of hydrogen-bond acceptors (Lipinski definition) is 1. The molecule has 1 aliphatic rings. The lowest BCUT2D eigenvalue weighted by molar-refractivity contribution is 0.738. The summed E-state index contributed by atoms with van der Waals surface area (Å²) in [5.74, 6) is 0. The van der Waals surface area contributed by atoms with Gasteiger partial charge in [-0.3, -0.25) is 0 Å². The molecule has 1 aromatic rings. The van der Waals surface area contributed by atoms with Crippen LogP contribution in [0, 0.1) is 4.64 Å². The second kappa shape index (κ2) is 3.31. The van der Waals surface area contributed by atoms with E-state index in [1.54, 1.807) is 0 Å². The molecule has 0 unspecified atom stereocenters. The minimum Gasteiger partial charge on any atom is -0.336 e. The van der Waals surface area contributed by atoms with Crippen LogP contribution in [0.1, 0.15) is 12.1 Å². The highest BCUT2D eigenvalue weighted by atomic mass is 32.1. The van der Waals surface area contributed by atoms with Gasteiger partial charge in [0.05, 0.1) is 8.07 Å². The molecular formula is C11H17NSSi. The minimum atomic E-state index is -1.25. The molecule has 1 aromatic heterocycles. The molecule has 3 heteroatoms. The van der Waals surface area contributed by atoms with Gasteiger partial charge in [0.25, 0.3) is 0 Å². The van der Waals surface area contributed by atoms with E-state index in [1.165, 1.54) is 23.7 Å². The summed E-state index contributed by atoms with van der Waals surface area (Å²) >= 11 is 5.56. The summed E-state index contributed by atoms with van der Waals surface area (Å²) in [6, 6.07) is 4.54. The summed E-state index contributed by atoms with van der Waals surface area (Å²) in [7, 11) is -1.25. The zero-order chi connectivity index (χ0) is 10.3. The largest absolute Gasteiger partial charge is 0.336 e. The molecule has 0 spiro atoms. The highest BCUT2D eigenvalue weighted by Crippen LogP contribution is 2.15. The zero-order valence-electron chi connectivity index (χ0n) is 9.13. The Balaban J connectivity index is 2.62. The third kappa shape index (κ3) is 1.59. The lowest BCUT2D eigenvalue weighted by Crippen LogP contribution is -2.39. The molecule has 0 aliphatic carbocycles. The second-order valence-corrected chi connectivity index (χ2v) is 10.5. The second-order valence-electron chi connectivity index (χ2n) is 5.05. The van der Waals surface area contributed by atoms with Crippen molar-refractivity contribution in [1.29, 1.82) is 0 Å². The maximum absolute atomic E-state index is 5.56. The van der Waals surface area contributed by atoms with Gasteiger partial charge in [0.1, 0.15) is 4.64 Å². The van der Waals surface area contributed by atoms with E-state index < -0.39 is 8.07 Å². The molecule has 0 saturated carbocycles. The fraction of sp³-hybridized carbons (Fsp3) is 0.545. The van der Waals surface area contributed by atoms with Gasteiger partial charge in [0, 0.05) is 12.2 Å². The molecule has 0 radical (unpaired) electrons. The van der Waals surface area contributed by atoms with Crippen LogP contribution in [0.25, 0.3) is 0 Å². The van der Waals surface area contributed by atoms with Crippen LogP contribution in [0.5, 0.6) is 0 Å². The summed E-state index contributed by atoms with van der Waals surface area (Å²) in [4.78, 5) is 0. The molecule has 0 aromatic carbocycles.